The fourth-order valence-corrected chi connectivity index (χ4v) is 3.35. The lowest BCUT2D eigenvalue weighted by Crippen LogP contribution is -2.29. The number of amides is 1. The number of ether oxygens (including phenoxy) is 1. The maximum atomic E-state index is 12.1. The van der Waals surface area contributed by atoms with Crippen LogP contribution in [-0.2, 0) is 11.2 Å². The lowest BCUT2D eigenvalue weighted by molar-refractivity contribution is -0.115. The summed E-state index contributed by atoms with van der Waals surface area (Å²) >= 11 is 0. The molecule has 0 spiro atoms. The van der Waals surface area contributed by atoms with Gasteiger partial charge in [0.2, 0.25) is 5.91 Å². The Labute approximate surface area is 168 Å². The first-order valence-corrected chi connectivity index (χ1v) is 10.2. The number of carbonyl (C=O) groups is 1. The zero-order valence-corrected chi connectivity index (χ0v) is 16.5. The van der Waals surface area contributed by atoms with E-state index in [1.807, 2.05) is 42.5 Å². The number of carbonyl (C=O) groups excluding carboxylic acids is 1. The summed E-state index contributed by atoms with van der Waals surface area (Å²) in [5, 5.41) is 6.15. The van der Waals surface area contributed by atoms with Crippen molar-refractivity contribution in [2.45, 2.75) is 38.5 Å². The van der Waals surface area contributed by atoms with Crippen LogP contribution in [0.25, 0.3) is 0 Å². The maximum absolute atomic E-state index is 12.1. The highest BCUT2D eigenvalue weighted by Gasteiger charge is 2.05. The molecule has 0 aliphatic heterocycles. The van der Waals surface area contributed by atoms with Crippen LogP contribution < -0.4 is 15.4 Å². The Hall–Kier alpha value is -2.59. The number of hydrogen-bond acceptors (Lipinski definition) is 3. The largest absolute Gasteiger partial charge is 0.493 e. The molecule has 1 amide bonds. The summed E-state index contributed by atoms with van der Waals surface area (Å²) in [6.07, 6.45) is 9.32. The molecule has 3 rings (SSSR count). The highest BCUT2D eigenvalue weighted by atomic mass is 16.5. The summed E-state index contributed by atoms with van der Waals surface area (Å²) in [7, 11) is 0. The highest BCUT2D eigenvalue weighted by molar-refractivity contribution is 5.92. The smallest absolute Gasteiger partial charge is 0.238 e. The molecule has 0 saturated heterocycles. The van der Waals surface area contributed by atoms with E-state index in [0.29, 0.717) is 13.2 Å². The molecule has 4 nitrogen and oxygen atoms in total. The first-order valence-electron chi connectivity index (χ1n) is 10.2. The molecule has 0 unspecified atom stereocenters. The van der Waals surface area contributed by atoms with Crippen molar-refractivity contribution in [2.75, 3.05) is 25.0 Å². The summed E-state index contributed by atoms with van der Waals surface area (Å²) in [6.45, 7) is 1.83. The monoisotopic (exact) mass is 378 g/mol. The van der Waals surface area contributed by atoms with Gasteiger partial charge in [0.25, 0.3) is 0 Å². The second-order valence-corrected chi connectivity index (χ2v) is 7.19. The summed E-state index contributed by atoms with van der Waals surface area (Å²) in [5.74, 6) is 0.795. The van der Waals surface area contributed by atoms with E-state index in [0.717, 1.165) is 30.8 Å². The predicted molar refractivity (Wildman–Crippen MR) is 115 cm³/mol. The predicted octanol–water partition coefficient (Wildman–Crippen LogP) is 4.73. The third kappa shape index (κ3) is 7.20. The average molecular weight is 379 g/mol. The van der Waals surface area contributed by atoms with Crippen molar-refractivity contribution in [1.82, 2.24) is 5.32 Å². The van der Waals surface area contributed by atoms with Gasteiger partial charge >= 0.3 is 0 Å². The van der Waals surface area contributed by atoms with Crippen LogP contribution in [0, 0.1) is 0 Å². The van der Waals surface area contributed by atoms with Crippen LogP contribution in [0.1, 0.15) is 37.7 Å². The Morgan fingerprint density at radius 3 is 2.54 bits per heavy atom. The Bertz CT molecular complexity index is 754. The van der Waals surface area contributed by atoms with Crippen molar-refractivity contribution in [2.24, 2.45) is 0 Å². The Balaban J connectivity index is 1.31. The van der Waals surface area contributed by atoms with Gasteiger partial charge in [0.1, 0.15) is 5.75 Å². The van der Waals surface area contributed by atoms with Crippen molar-refractivity contribution in [3.8, 4) is 5.75 Å². The van der Waals surface area contributed by atoms with E-state index in [-0.39, 0.29) is 5.91 Å². The van der Waals surface area contributed by atoms with E-state index >= 15 is 0 Å². The standard InChI is InChI=1S/C24H30N2O2/c27-24(19-25-17-15-20-7-3-1-4-8-20)26-22-11-13-23(14-12-22)28-18-16-21-9-5-2-6-10-21/h2,5-7,9-14,25H,1,3-4,8,15-19H2,(H,26,27). The molecule has 148 valence electrons. The van der Waals surface area contributed by atoms with Crippen molar-refractivity contribution in [3.63, 3.8) is 0 Å². The van der Waals surface area contributed by atoms with Crippen molar-refractivity contribution in [1.29, 1.82) is 0 Å². The van der Waals surface area contributed by atoms with E-state index in [4.69, 9.17) is 4.74 Å². The van der Waals surface area contributed by atoms with Gasteiger partial charge < -0.3 is 15.4 Å². The molecule has 0 bridgehead atoms. The summed E-state index contributed by atoms with van der Waals surface area (Å²) in [4.78, 5) is 12.1. The number of benzene rings is 2. The van der Waals surface area contributed by atoms with E-state index in [1.54, 1.807) is 0 Å². The van der Waals surface area contributed by atoms with Gasteiger partial charge in [-0.15, -0.1) is 0 Å². The molecule has 0 aromatic heterocycles. The number of nitrogens with one attached hydrogen (secondary N) is 2. The van der Waals surface area contributed by atoms with Crippen molar-refractivity contribution < 1.29 is 9.53 Å². The fraction of sp³-hybridized carbons (Fsp3) is 0.375. The molecule has 1 aliphatic rings. The molecule has 0 saturated carbocycles. The number of allylic oxidation sites excluding steroid dienone is 1. The molecule has 2 aromatic rings. The van der Waals surface area contributed by atoms with Gasteiger partial charge in [-0.1, -0.05) is 42.0 Å². The third-order valence-electron chi connectivity index (χ3n) is 4.93. The van der Waals surface area contributed by atoms with Gasteiger partial charge in [-0.3, -0.25) is 4.79 Å². The lowest BCUT2D eigenvalue weighted by Gasteiger charge is -2.13. The molecule has 2 N–H and O–H groups in total. The molecule has 0 radical (unpaired) electrons. The van der Waals surface area contributed by atoms with Gasteiger partial charge in [0, 0.05) is 12.1 Å². The van der Waals surface area contributed by atoms with Crippen LogP contribution in [0.4, 0.5) is 5.69 Å². The minimum absolute atomic E-state index is 0.0182. The number of rotatable bonds is 10. The van der Waals surface area contributed by atoms with Crippen LogP contribution in [-0.4, -0.2) is 25.6 Å². The number of anilines is 1. The van der Waals surface area contributed by atoms with Crippen molar-refractivity contribution in [3.05, 3.63) is 71.8 Å². The van der Waals surface area contributed by atoms with E-state index in [2.05, 4.69) is 28.8 Å². The minimum Gasteiger partial charge on any atom is -0.493 e. The van der Waals surface area contributed by atoms with Gasteiger partial charge in [-0.05, 0) is 68.5 Å². The molecule has 4 heteroatoms. The van der Waals surface area contributed by atoms with Crippen molar-refractivity contribution >= 4 is 11.6 Å². The Kier molecular flexibility index (Phi) is 8.13. The average Bonchev–Trinajstić information content (AvgIpc) is 2.74. The van der Waals surface area contributed by atoms with Gasteiger partial charge in [-0.25, -0.2) is 0 Å². The van der Waals surface area contributed by atoms with Crippen LogP contribution in [0.3, 0.4) is 0 Å². The normalized spacial score (nSPS) is 13.6. The molecule has 0 fully saturated rings. The minimum atomic E-state index is -0.0182. The Morgan fingerprint density at radius 1 is 0.964 bits per heavy atom. The lowest BCUT2D eigenvalue weighted by atomic mass is 9.97. The highest BCUT2D eigenvalue weighted by Crippen LogP contribution is 2.19. The van der Waals surface area contributed by atoms with E-state index in [1.165, 1.54) is 36.8 Å². The third-order valence-corrected chi connectivity index (χ3v) is 4.93. The fourth-order valence-electron chi connectivity index (χ4n) is 3.35. The molecule has 0 heterocycles. The summed E-state index contributed by atoms with van der Waals surface area (Å²) < 4.78 is 5.78. The topological polar surface area (TPSA) is 50.4 Å². The summed E-state index contributed by atoms with van der Waals surface area (Å²) in [6, 6.07) is 17.8. The van der Waals surface area contributed by atoms with Gasteiger partial charge in [0.05, 0.1) is 13.2 Å². The zero-order chi connectivity index (χ0) is 19.4. The zero-order valence-electron chi connectivity index (χ0n) is 16.5. The molecular weight excluding hydrogens is 348 g/mol. The molecule has 0 atom stereocenters. The van der Waals surface area contributed by atoms with Crippen LogP contribution >= 0.6 is 0 Å². The van der Waals surface area contributed by atoms with Crippen LogP contribution in [0.15, 0.2) is 66.2 Å². The summed E-state index contributed by atoms with van der Waals surface area (Å²) in [5.41, 5.74) is 3.58. The second kappa shape index (κ2) is 11.3. The second-order valence-electron chi connectivity index (χ2n) is 7.19. The molecule has 1 aliphatic carbocycles. The molecule has 28 heavy (non-hydrogen) atoms. The Morgan fingerprint density at radius 2 is 1.79 bits per heavy atom. The molecular formula is C24H30N2O2. The van der Waals surface area contributed by atoms with E-state index in [9.17, 15) is 4.79 Å². The van der Waals surface area contributed by atoms with Crippen LogP contribution in [0.5, 0.6) is 5.75 Å². The van der Waals surface area contributed by atoms with Gasteiger partial charge in [-0.2, -0.15) is 0 Å². The molecule has 2 aromatic carbocycles. The quantitative estimate of drug-likeness (QED) is 0.464. The maximum Gasteiger partial charge on any atom is 0.238 e. The first-order chi connectivity index (χ1) is 13.8. The van der Waals surface area contributed by atoms with Crippen LogP contribution in [0.2, 0.25) is 0 Å². The van der Waals surface area contributed by atoms with E-state index < -0.39 is 0 Å². The SMILES string of the molecule is O=C(CNCCC1=CCCCC1)Nc1ccc(OCCc2ccccc2)cc1. The number of hydrogen-bond donors (Lipinski definition) is 2. The first kappa shape index (κ1) is 20.2. The van der Waals surface area contributed by atoms with Gasteiger partial charge in [0.15, 0.2) is 0 Å².